The van der Waals surface area contributed by atoms with Crippen molar-refractivity contribution < 1.29 is 24.2 Å². The number of likely N-dealkylation sites (tertiary alicyclic amines) is 1. The molecule has 0 radical (unpaired) electrons. The Morgan fingerprint density at radius 3 is 2.33 bits per heavy atom. The predicted octanol–water partition coefficient (Wildman–Crippen LogP) is 4.02. The third kappa shape index (κ3) is 4.71. The van der Waals surface area contributed by atoms with E-state index in [-0.39, 0.29) is 30.9 Å². The van der Waals surface area contributed by atoms with Crippen LogP contribution in [0, 0.1) is 11.8 Å². The van der Waals surface area contributed by atoms with E-state index in [0.717, 1.165) is 12.0 Å². The number of amides is 3. The fourth-order valence-electron chi connectivity index (χ4n) is 7.60. The van der Waals surface area contributed by atoms with Gasteiger partial charge in [-0.25, -0.2) is 0 Å². The lowest BCUT2D eigenvalue weighted by Gasteiger charge is -2.41. The summed E-state index contributed by atoms with van der Waals surface area (Å²) in [5, 5.41) is 11.3. The minimum atomic E-state index is -1.39. The summed E-state index contributed by atoms with van der Waals surface area (Å²) in [7, 11) is 0. The Hall–Kier alpha value is -3.46. The molecule has 3 amide bonds. The van der Waals surface area contributed by atoms with Crippen LogP contribution in [-0.4, -0.2) is 82.2 Å². The number of fused-ring (bicyclic) bond motifs is 2. The molecule has 0 saturated carbocycles. The zero-order valence-electron chi connectivity index (χ0n) is 24.6. The highest BCUT2D eigenvalue weighted by molar-refractivity contribution is 6.30. The molecule has 9 heteroatoms. The first-order valence-corrected chi connectivity index (χ1v) is 15.6. The molecular weight excluding hydrogens is 566 g/mol. The first-order valence-electron chi connectivity index (χ1n) is 15.2. The van der Waals surface area contributed by atoms with Crippen LogP contribution >= 0.6 is 11.6 Å². The van der Waals surface area contributed by atoms with Gasteiger partial charge in [0.1, 0.15) is 11.6 Å². The van der Waals surface area contributed by atoms with E-state index in [1.807, 2.05) is 68.5 Å². The highest BCUT2D eigenvalue weighted by atomic mass is 35.5. The molecule has 4 aliphatic heterocycles. The zero-order chi connectivity index (χ0) is 30.4. The van der Waals surface area contributed by atoms with Gasteiger partial charge in [0.05, 0.1) is 30.1 Å². The molecule has 1 unspecified atom stereocenters. The molecule has 2 saturated heterocycles. The van der Waals surface area contributed by atoms with Crippen molar-refractivity contribution >= 4 is 35.0 Å². The molecule has 0 bridgehead atoms. The first kappa shape index (κ1) is 29.6. The number of halogens is 1. The van der Waals surface area contributed by atoms with E-state index in [1.54, 1.807) is 34.1 Å². The third-order valence-electron chi connectivity index (χ3n) is 9.51. The predicted molar refractivity (Wildman–Crippen MR) is 164 cm³/mol. The van der Waals surface area contributed by atoms with Crippen molar-refractivity contribution in [2.45, 2.75) is 56.4 Å². The highest BCUT2D eigenvalue weighted by Gasteiger charge is 2.76. The van der Waals surface area contributed by atoms with Crippen LogP contribution < -0.4 is 4.90 Å². The monoisotopic (exact) mass is 603 g/mol. The second-order valence-electron chi connectivity index (χ2n) is 11.9. The lowest BCUT2D eigenvalue weighted by Crippen LogP contribution is -2.59. The SMILES string of the molecule is CCCN1CC=C[C@@]2(CC)O[C@]34C=CCN(c5ccc(Cl)cc5)C(=O)C3N([C@@H](CO)Cc3ccccc3)C(=O)[C@@H]4[C@H]2C1=O. The number of carbonyl (C=O) groups excluding carboxylic acids is 3. The molecule has 4 heterocycles. The van der Waals surface area contributed by atoms with Crippen molar-refractivity contribution in [2.24, 2.45) is 11.8 Å². The summed E-state index contributed by atoms with van der Waals surface area (Å²) in [5.74, 6) is -2.52. The minimum absolute atomic E-state index is 0.132. The Morgan fingerprint density at radius 1 is 0.930 bits per heavy atom. The molecular formula is C34H38ClN3O5. The number of benzene rings is 2. The summed E-state index contributed by atoms with van der Waals surface area (Å²) < 4.78 is 7.06. The maximum absolute atomic E-state index is 14.8. The van der Waals surface area contributed by atoms with Gasteiger partial charge in [-0.15, -0.1) is 0 Å². The smallest absolute Gasteiger partial charge is 0.253 e. The van der Waals surface area contributed by atoms with Crippen LogP contribution in [0.3, 0.4) is 0 Å². The van der Waals surface area contributed by atoms with Crippen molar-refractivity contribution in [1.82, 2.24) is 9.80 Å². The Balaban J connectivity index is 1.51. The fourth-order valence-corrected chi connectivity index (χ4v) is 7.73. The highest BCUT2D eigenvalue weighted by Crippen LogP contribution is 2.59. The molecule has 4 aliphatic rings. The standard InChI is InChI=1S/C34H38ClN3O5/c1-3-18-36-19-8-16-33(4-2)27(30(36)40)28-31(41)38(26(22-39)21-23-10-6-5-7-11-23)29-32(42)37(20-9-17-34(28,29)43-33)25-14-12-24(35)13-15-25/h5-17,26-29,39H,3-4,18-22H2,1-2H3/t26-,27+,28+,29?,33-,34+/m1/s1. The summed E-state index contributed by atoms with van der Waals surface area (Å²) in [5.41, 5.74) is -0.871. The number of hydrogen-bond acceptors (Lipinski definition) is 5. The maximum atomic E-state index is 14.8. The molecule has 43 heavy (non-hydrogen) atoms. The van der Waals surface area contributed by atoms with Gasteiger partial charge in [0.2, 0.25) is 11.8 Å². The van der Waals surface area contributed by atoms with Crippen LogP contribution in [-0.2, 0) is 25.5 Å². The van der Waals surface area contributed by atoms with Gasteiger partial charge >= 0.3 is 0 Å². The quantitative estimate of drug-likeness (QED) is 0.461. The van der Waals surface area contributed by atoms with Gasteiger partial charge in [0.25, 0.3) is 5.91 Å². The summed E-state index contributed by atoms with van der Waals surface area (Å²) in [6.07, 6.45) is 9.22. The molecule has 6 rings (SSSR count). The number of anilines is 1. The zero-order valence-corrected chi connectivity index (χ0v) is 25.3. The molecule has 2 aromatic carbocycles. The lowest BCUT2D eigenvalue weighted by atomic mass is 9.73. The summed E-state index contributed by atoms with van der Waals surface area (Å²) >= 11 is 6.16. The molecule has 2 fully saturated rings. The van der Waals surface area contributed by atoms with Crippen LogP contribution in [0.2, 0.25) is 5.02 Å². The van der Waals surface area contributed by atoms with Crippen LogP contribution in [0.25, 0.3) is 0 Å². The van der Waals surface area contributed by atoms with Gasteiger partial charge in [-0.3, -0.25) is 14.4 Å². The van der Waals surface area contributed by atoms with Gasteiger partial charge in [-0.2, -0.15) is 0 Å². The van der Waals surface area contributed by atoms with E-state index in [4.69, 9.17) is 16.3 Å². The van der Waals surface area contributed by atoms with Gasteiger partial charge in [0, 0.05) is 30.3 Å². The van der Waals surface area contributed by atoms with E-state index in [1.165, 1.54) is 4.90 Å². The molecule has 6 atom stereocenters. The first-order chi connectivity index (χ1) is 20.8. The second kappa shape index (κ2) is 11.6. The van der Waals surface area contributed by atoms with E-state index < -0.39 is 35.1 Å². The number of rotatable bonds is 8. The average molecular weight is 604 g/mol. The fraction of sp³-hybridized carbons (Fsp3) is 0.441. The summed E-state index contributed by atoms with van der Waals surface area (Å²) in [6.45, 7) is 4.90. The van der Waals surface area contributed by atoms with Gasteiger partial charge in [0.15, 0.2) is 0 Å². The molecule has 226 valence electrons. The average Bonchev–Trinajstić information content (AvgIpc) is 3.32. The number of ether oxygens (including phenoxy) is 1. The Morgan fingerprint density at radius 2 is 1.65 bits per heavy atom. The third-order valence-corrected chi connectivity index (χ3v) is 9.76. The molecule has 1 N–H and O–H groups in total. The topological polar surface area (TPSA) is 90.4 Å². The lowest BCUT2D eigenvalue weighted by molar-refractivity contribution is -0.152. The van der Waals surface area contributed by atoms with E-state index >= 15 is 0 Å². The maximum Gasteiger partial charge on any atom is 0.253 e. The molecule has 2 aromatic rings. The van der Waals surface area contributed by atoms with Crippen molar-refractivity contribution in [3.63, 3.8) is 0 Å². The van der Waals surface area contributed by atoms with Crippen LogP contribution in [0.15, 0.2) is 78.9 Å². The largest absolute Gasteiger partial charge is 0.394 e. The number of nitrogens with zero attached hydrogens (tertiary/aromatic N) is 3. The van der Waals surface area contributed by atoms with Gasteiger partial charge in [-0.05, 0) is 49.1 Å². The van der Waals surface area contributed by atoms with Crippen LogP contribution in [0.1, 0.15) is 32.3 Å². The van der Waals surface area contributed by atoms with E-state index in [0.29, 0.717) is 36.6 Å². The number of aliphatic hydroxyl groups excluding tert-OH is 1. The van der Waals surface area contributed by atoms with E-state index in [2.05, 4.69) is 0 Å². The van der Waals surface area contributed by atoms with Crippen LogP contribution in [0.4, 0.5) is 5.69 Å². The molecule has 0 aromatic heterocycles. The summed E-state index contributed by atoms with van der Waals surface area (Å²) in [4.78, 5) is 48.9. The molecule has 8 nitrogen and oxygen atoms in total. The summed E-state index contributed by atoms with van der Waals surface area (Å²) in [6, 6.07) is 14.8. The van der Waals surface area contributed by atoms with Gasteiger partial charge < -0.3 is 24.5 Å². The number of hydrogen-bond donors (Lipinski definition) is 1. The van der Waals surface area contributed by atoms with Crippen molar-refractivity contribution in [3.05, 3.63) is 89.5 Å². The Kier molecular flexibility index (Phi) is 7.96. The van der Waals surface area contributed by atoms with Crippen molar-refractivity contribution in [2.75, 3.05) is 31.1 Å². The van der Waals surface area contributed by atoms with Crippen molar-refractivity contribution in [3.8, 4) is 0 Å². The molecule has 0 aliphatic carbocycles. The minimum Gasteiger partial charge on any atom is -0.394 e. The number of aliphatic hydroxyl groups is 1. The van der Waals surface area contributed by atoms with E-state index in [9.17, 15) is 19.5 Å². The molecule has 1 spiro atoms. The number of carbonyl (C=O) groups is 3. The van der Waals surface area contributed by atoms with Crippen LogP contribution in [0.5, 0.6) is 0 Å². The second-order valence-corrected chi connectivity index (χ2v) is 12.3. The van der Waals surface area contributed by atoms with Crippen molar-refractivity contribution in [1.29, 1.82) is 0 Å². The Labute approximate surface area is 257 Å². The normalized spacial score (nSPS) is 30.7. The van der Waals surface area contributed by atoms with Gasteiger partial charge in [-0.1, -0.05) is 80.1 Å². The Bertz CT molecular complexity index is 1450.